The molecule has 2 aromatic rings. The van der Waals surface area contributed by atoms with Gasteiger partial charge in [-0.2, -0.15) is 0 Å². The molecule has 0 saturated carbocycles. The fourth-order valence-corrected chi connectivity index (χ4v) is 2.27. The van der Waals surface area contributed by atoms with E-state index in [0.29, 0.717) is 6.54 Å². The third kappa shape index (κ3) is 3.12. The third-order valence-electron chi connectivity index (χ3n) is 2.82. The molecule has 0 bridgehead atoms. The maximum absolute atomic E-state index is 5.96. The fraction of sp³-hybridized carbons (Fsp3) is 0.200. The molecule has 1 unspecified atom stereocenters. The van der Waals surface area contributed by atoms with Crippen LogP contribution in [0.25, 0.3) is 0 Å². The molecule has 18 heavy (non-hydrogen) atoms. The van der Waals surface area contributed by atoms with E-state index in [9.17, 15) is 0 Å². The first-order chi connectivity index (χ1) is 8.70. The van der Waals surface area contributed by atoms with Crippen LogP contribution in [0.2, 0.25) is 0 Å². The van der Waals surface area contributed by atoms with E-state index in [-0.39, 0.29) is 6.10 Å². The molecule has 2 aromatic carbocycles. The van der Waals surface area contributed by atoms with Gasteiger partial charge in [-0.05, 0) is 36.2 Å². The van der Waals surface area contributed by atoms with E-state index >= 15 is 0 Å². The Morgan fingerprint density at radius 1 is 1.17 bits per heavy atom. The van der Waals surface area contributed by atoms with Gasteiger partial charge in [0.25, 0.3) is 0 Å². The summed E-state index contributed by atoms with van der Waals surface area (Å²) in [5.74, 6) is 0.822. The van der Waals surface area contributed by atoms with Crippen molar-refractivity contribution in [3.05, 3.63) is 64.1 Å². The molecule has 2 rings (SSSR count). The minimum Gasteiger partial charge on any atom is -0.484 e. The van der Waals surface area contributed by atoms with Gasteiger partial charge >= 0.3 is 0 Å². The summed E-state index contributed by atoms with van der Waals surface area (Å²) in [5, 5.41) is 0. The average molecular weight is 306 g/mol. The first kappa shape index (κ1) is 13.1. The van der Waals surface area contributed by atoms with Crippen molar-refractivity contribution in [2.45, 2.75) is 13.0 Å². The highest BCUT2D eigenvalue weighted by atomic mass is 79.9. The minimum atomic E-state index is -0.111. The van der Waals surface area contributed by atoms with Crippen LogP contribution >= 0.6 is 15.9 Å². The zero-order chi connectivity index (χ0) is 13.0. The topological polar surface area (TPSA) is 35.2 Å². The van der Waals surface area contributed by atoms with Gasteiger partial charge in [0.2, 0.25) is 0 Å². The maximum Gasteiger partial charge on any atom is 0.136 e. The summed E-state index contributed by atoms with van der Waals surface area (Å²) >= 11 is 3.43. The Morgan fingerprint density at radius 2 is 1.94 bits per heavy atom. The van der Waals surface area contributed by atoms with Crippen molar-refractivity contribution in [3.63, 3.8) is 0 Å². The standard InChI is InChI=1S/C15H16BrNO/c1-11-5-2-3-8-14(11)15(10-17)18-13-7-4-6-12(16)9-13/h2-9,15H,10,17H2,1H3. The molecule has 2 nitrogen and oxygen atoms in total. The van der Waals surface area contributed by atoms with Gasteiger partial charge in [0, 0.05) is 11.0 Å². The van der Waals surface area contributed by atoms with E-state index in [1.165, 1.54) is 5.56 Å². The Balaban J connectivity index is 2.23. The van der Waals surface area contributed by atoms with E-state index in [1.807, 2.05) is 36.4 Å². The lowest BCUT2D eigenvalue weighted by Gasteiger charge is -2.19. The van der Waals surface area contributed by atoms with Gasteiger partial charge < -0.3 is 10.5 Å². The second kappa shape index (κ2) is 6.03. The lowest BCUT2D eigenvalue weighted by atomic mass is 10.0. The zero-order valence-corrected chi connectivity index (χ0v) is 11.9. The number of ether oxygens (including phenoxy) is 1. The lowest BCUT2D eigenvalue weighted by Crippen LogP contribution is -2.19. The molecule has 0 aromatic heterocycles. The summed E-state index contributed by atoms with van der Waals surface area (Å²) in [5.41, 5.74) is 8.16. The molecule has 2 N–H and O–H groups in total. The van der Waals surface area contributed by atoms with Crippen LogP contribution in [-0.2, 0) is 0 Å². The molecular formula is C15H16BrNO. The lowest BCUT2D eigenvalue weighted by molar-refractivity contribution is 0.213. The van der Waals surface area contributed by atoms with Crippen molar-refractivity contribution in [1.82, 2.24) is 0 Å². The van der Waals surface area contributed by atoms with Gasteiger partial charge in [-0.1, -0.05) is 46.3 Å². The van der Waals surface area contributed by atoms with Gasteiger partial charge in [0.15, 0.2) is 0 Å². The Morgan fingerprint density at radius 3 is 2.61 bits per heavy atom. The number of halogens is 1. The van der Waals surface area contributed by atoms with Gasteiger partial charge in [-0.25, -0.2) is 0 Å². The van der Waals surface area contributed by atoms with Crippen LogP contribution in [-0.4, -0.2) is 6.54 Å². The smallest absolute Gasteiger partial charge is 0.136 e. The second-order valence-electron chi connectivity index (χ2n) is 4.16. The number of nitrogens with two attached hydrogens (primary N) is 1. The number of rotatable bonds is 4. The number of hydrogen-bond acceptors (Lipinski definition) is 2. The normalized spacial score (nSPS) is 12.2. The summed E-state index contributed by atoms with van der Waals surface area (Å²) in [4.78, 5) is 0. The van der Waals surface area contributed by atoms with E-state index < -0.39 is 0 Å². The zero-order valence-electron chi connectivity index (χ0n) is 10.3. The summed E-state index contributed by atoms with van der Waals surface area (Å²) in [7, 11) is 0. The van der Waals surface area contributed by atoms with Crippen LogP contribution in [0, 0.1) is 6.92 Å². The third-order valence-corrected chi connectivity index (χ3v) is 3.32. The van der Waals surface area contributed by atoms with Gasteiger partial charge in [-0.15, -0.1) is 0 Å². The van der Waals surface area contributed by atoms with Crippen molar-refractivity contribution < 1.29 is 4.74 Å². The van der Waals surface area contributed by atoms with Crippen LogP contribution in [0.15, 0.2) is 53.0 Å². The molecule has 0 fully saturated rings. The number of benzene rings is 2. The van der Waals surface area contributed by atoms with Crippen molar-refractivity contribution in [2.75, 3.05) is 6.54 Å². The van der Waals surface area contributed by atoms with Crippen molar-refractivity contribution in [1.29, 1.82) is 0 Å². The molecule has 0 heterocycles. The Labute approximate surface area is 116 Å². The average Bonchev–Trinajstić information content (AvgIpc) is 2.37. The van der Waals surface area contributed by atoms with Crippen molar-refractivity contribution in [3.8, 4) is 5.75 Å². The van der Waals surface area contributed by atoms with E-state index in [4.69, 9.17) is 10.5 Å². The quantitative estimate of drug-likeness (QED) is 0.931. The highest BCUT2D eigenvalue weighted by molar-refractivity contribution is 9.10. The Bertz CT molecular complexity index is 527. The summed E-state index contributed by atoms with van der Waals surface area (Å²) in [6.07, 6.45) is -0.111. The maximum atomic E-state index is 5.96. The van der Waals surface area contributed by atoms with Gasteiger partial charge in [0.05, 0.1) is 0 Å². The molecule has 0 radical (unpaired) electrons. The Hall–Kier alpha value is -1.32. The van der Waals surface area contributed by atoms with E-state index in [2.05, 4.69) is 35.0 Å². The molecule has 3 heteroatoms. The monoisotopic (exact) mass is 305 g/mol. The van der Waals surface area contributed by atoms with Gasteiger partial charge in [-0.3, -0.25) is 0 Å². The molecule has 0 aliphatic rings. The van der Waals surface area contributed by atoms with E-state index in [0.717, 1.165) is 15.8 Å². The first-order valence-corrected chi connectivity index (χ1v) is 6.68. The molecule has 0 saturated heterocycles. The molecule has 0 aliphatic carbocycles. The molecule has 0 amide bonds. The second-order valence-corrected chi connectivity index (χ2v) is 5.07. The molecule has 0 aliphatic heterocycles. The van der Waals surface area contributed by atoms with Crippen LogP contribution < -0.4 is 10.5 Å². The minimum absolute atomic E-state index is 0.111. The molecule has 1 atom stereocenters. The SMILES string of the molecule is Cc1ccccc1C(CN)Oc1cccc(Br)c1. The first-order valence-electron chi connectivity index (χ1n) is 5.88. The molecule has 94 valence electrons. The fourth-order valence-electron chi connectivity index (χ4n) is 1.89. The van der Waals surface area contributed by atoms with Gasteiger partial charge in [0.1, 0.15) is 11.9 Å². The van der Waals surface area contributed by atoms with Crippen LogP contribution in [0.3, 0.4) is 0 Å². The summed E-state index contributed by atoms with van der Waals surface area (Å²) < 4.78 is 6.96. The van der Waals surface area contributed by atoms with Crippen LogP contribution in [0.4, 0.5) is 0 Å². The van der Waals surface area contributed by atoms with Crippen molar-refractivity contribution in [2.24, 2.45) is 5.73 Å². The van der Waals surface area contributed by atoms with Crippen LogP contribution in [0.5, 0.6) is 5.75 Å². The number of aryl methyl sites for hydroxylation is 1. The van der Waals surface area contributed by atoms with E-state index in [1.54, 1.807) is 0 Å². The van der Waals surface area contributed by atoms with Crippen molar-refractivity contribution >= 4 is 15.9 Å². The number of hydrogen-bond donors (Lipinski definition) is 1. The largest absolute Gasteiger partial charge is 0.484 e. The summed E-state index contributed by atoms with van der Waals surface area (Å²) in [6.45, 7) is 2.53. The summed E-state index contributed by atoms with van der Waals surface area (Å²) in [6, 6.07) is 16.0. The Kier molecular flexibility index (Phi) is 4.39. The predicted octanol–water partition coefficient (Wildman–Crippen LogP) is 3.84. The highest BCUT2D eigenvalue weighted by Gasteiger charge is 2.13. The molecule has 0 spiro atoms. The predicted molar refractivity (Wildman–Crippen MR) is 77.7 cm³/mol. The highest BCUT2D eigenvalue weighted by Crippen LogP contribution is 2.25. The van der Waals surface area contributed by atoms with Crippen LogP contribution in [0.1, 0.15) is 17.2 Å². The molecular weight excluding hydrogens is 290 g/mol.